The normalized spacial score (nSPS) is 20.9. The van der Waals surface area contributed by atoms with Crippen molar-refractivity contribution in [3.05, 3.63) is 50.4 Å². The Hall–Kier alpha value is -1.56. The van der Waals surface area contributed by atoms with E-state index in [0.29, 0.717) is 16.8 Å². The lowest BCUT2D eigenvalue weighted by Gasteiger charge is -2.44. The maximum absolute atomic E-state index is 12.8. The van der Waals surface area contributed by atoms with Crippen molar-refractivity contribution < 1.29 is 0 Å². The van der Waals surface area contributed by atoms with E-state index in [4.69, 9.17) is 23.2 Å². The number of hydrogen-bond donors (Lipinski definition) is 0. The van der Waals surface area contributed by atoms with Gasteiger partial charge in [0.1, 0.15) is 5.02 Å². The fourth-order valence-corrected chi connectivity index (χ4v) is 4.34. The quantitative estimate of drug-likeness (QED) is 0.783. The van der Waals surface area contributed by atoms with Gasteiger partial charge < -0.3 is 4.90 Å². The summed E-state index contributed by atoms with van der Waals surface area (Å²) in [5.41, 5.74) is 2.00. The zero-order valence-corrected chi connectivity index (χ0v) is 16.3. The number of aromatic nitrogens is 2. The standard InChI is InChI=1S/C19H22Cl2N4O/c1-13-5-6-14(10-16(13)20)25-19(26)18(21)17(11-22-25)24-9-8-23-7-3-2-4-15(23)12-24/h5-6,10-11,15H,2-4,7-9,12H2,1H3. The Morgan fingerprint density at radius 3 is 2.81 bits per heavy atom. The highest BCUT2D eigenvalue weighted by molar-refractivity contribution is 6.33. The molecule has 26 heavy (non-hydrogen) atoms. The number of fused-ring (bicyclic) bond motifs is 1. The summed E-state index contributed by atoms with van der Waals surface area (Å²) in [6.07, 6.45) is 5.47. The molecule has 0 bridgehead atoms. The van der Waals surface area contributed by atoms with Crippen LogP contribution in [0.5, 0.6) is 0 Å². The van der Waals surface area contributed by atoms with Crippen molar-refractivity contribution in [1.82, 2.24) is 14.7 Å². The minimum atomic E-state index is -0.310. The third-order valence-corrected chi connectivity index (χ3v) is 6.24. The van der Waals surface area contributed by atoms with E-state index < -0.39 is 0 Å². The van der Waals surface area contributed by atoms with Crippen LogP contribution in [0.4, 0.5) is 5.69 Å². The summed E-state index contributed by atoms with van der Waals surface area (Å²) >= 11 is 12.7. The lowest BCUT2D eigenvalue weighted by atomic mass is 9.99. The molecule has 0 radical (unpaired) electrons. The fourth-order valence-electron chi connectivity index (χ4n) is 3.92. The predicted octanol–water partition coefficient (Wildman–Crippen LogP) is 3.52. The van der Waals surface area contributed by atoms with Crippen LogP contribution >= 0.6 is 23.2 Å². The predicted molar refractivity (Wildman–Crippen MR) is 106 cm³/mol. The van der Waals surface area contributed by atoms with E-state index in [1.807, 2.05) is 19.1 Å². The molecule has 3 heterocycles. The summed E-state index contributed by atoms with van der Waals surface area (Å²) < 4.78 is 1.31. The number of aryl methyl sites for hydroxylation is 1. The van der Waals surface area contributed by atoms with Crippen molar-refractivity contribution in [2.75, 3.05) is 31.1 Å². The van der Waals surface area contributed by atoms with Gasteiger partial charge in [0.2, 0.25) is 0 Å². The average Bonchev–Trinajstić information content (AvgIpc) is 2.66. The Labute approximate surface area is 163 Å². The second kappa shape index (κ2) is 7.22. The molecule has 1 unspecified atom stereocenters. The van der Waals surface area contributed by atoms with Gasteiger partial charge in [0.15, 0.2) is 0 Å². The molecule has 2 saturated heterocycles. The Balaban J connectivity index is 1.64. The third kappa shape index (κ3) is 3.24. The average molecular weight is 393 g/mol. The number of nitrogens with zero attached hydrogens (tertiary/aromatic N) is 4. The lowest BCUT2D eigenvalue weighted by Crippen LogP contribution is -2.55. The van der Waals surface area contributed by atoms with Crippen molar-refractivity contribution in [1.29, 1.82) is 0 Å². The minimum Gasteiger partial charge on any atom is -0.366 e. The molecule has 138 valence electrons. The van der Waals surface area contributed by atoms with Gasteiger partial charge in [-0.1, -0.05) is 35.7 Å². The van der Waals surface area contributed by atoms with E-state index in [9.17, 15) is 4.79 Å². The second-order valence-electron chi connectivity index (χ2n) is 7.13. The van der Waals surface area contributed by atoms with Gasteiger partial charge in [-0.3, -0.25) is 9.69 Å². The SMILES string of the molecule is Cc1ccc(-n2ncc(N3CCN4CCCCC4C3)c(Cl)c2=O)cc1Cl. The molecular weight excluding hydrogens is 371 g/mol. The van der Waals surface area contributed by atoms with Crippen molar-refractivity contribution >= 4 is 28.9 Å². The van der Waals surface area contributed by atoms with Crippen LogP contribution in [-0.4, -0.2) is 46.9 Å². The van der Waals surface area contributed by atoms with E-state index >= 15 is 0 Å². The van der Waals surface area contributed by atoms with Crippen LogP contribution in [0.25, 0.3) is 5.69 Å². The van der Waals surface area contributed by atoms with Crippen molar-refractivity contribution in [3.63, 3.8) is 0 Å². The molecular formula is C19H22Cl2N4O. The van der Waals surface area contributed by atoms with Gasteiger partial charge in [0.05, 0.1) is 17.6 Å². The third-order valence-electron chi connectivity index (χ3n) is 5.48. The minimum absolute atomic E-state index is 0.223. The van der Waals surface area contributed by atoms with Crippen molar-refractivity contribution in [2.45, 2.75) is 32.2 Å². The molecule has 2 aliphatic heterocycles. The number of piperidine rings is 1. The Morgan fingerprint density at radius 2 is 2.00 bits per heavy atom. The molecule has 0 spiro atoms. The Bertz CT molecular complexity index is 882. The smallest absolute Gasteiger partial charge is 0.292 e. The van der Waals surface area contributed by atoms with Crippen LogP contribution in [0.3, 0.4) is 0 Å². The molecule has 1 aromatic heterocycles. The van der Waals surface area contributed by atoms with Crippen molar-refractivity contribution in [3.8, 4) is 5.69 Å². The summed E-state index contributed by atoms with van der Waals surface area (Å²) in [5, 5.41) is 5.19. The van der Waals surface area contributed by atoms with Gasteiger partial charge in [-0.15, -0.1) is 0 Å². The first-order chi connectivity index (χ1) is 12.5. The number of benzene rings is 1. The molecule has 4 rings (SSSR count). The van der Waals surface area contributed by atoms with Crippen LogP contribution in [0.2, 0.25) is 10.0 Å². The Morgan fingerprint density at radius 1 is 1.15 bits per heavy atom. The largest absolute Gasteiger partial charge is 0.366 e. The maximum atomic E-state index is 12.8. The van der Waals surface area contributed by atoms with E-state index in [1.54, 1.807) is 12.3 Å². The summed E-state index contributed by atoms with van der Waals surface area (Å²) in [7, 11) is 0. The highest BCUT2D eigenvalue weighted by Crippen LogP contribution is 2.28. The number of piperazine rings is 1. The number of anilines is 1. The summed E-state index contributed by atoms with van der Waals surface area (Å²) in [6, 6.07) is 5.98. The van der Waals surface area contributed by atoms with Crippen molar-refractivity contribution in [2.24, 2.45) is 0 Å². The van der Waals surface area contributed by atoms with E-state index in [2.05, 4.69) is 14.9 Å². The van der Waals surface area contributed by atoms with Gasteiger partial charge in [-0.05, 0) is 44.0 Å². The van der Waals surface area contributed by atoms with Crippen LogP contribution in [0.1, 0.15) is 24.8 Å². The first kappa shape index (κ1) is 17.8. The second-order valence-corrected chi connectivity index (χ2v) is 7.91. The van der Waals surface area contributed by atoms with Gasteiger partial charge in [0, 0.05) is 30.7 Å². The van der Waals surface area contributed by atoms with Gasteiger partial charge in [0.25, 0.3) is 5.56 Å². The summed E-state index contributed by atoms with van der Waals surface area (Å²) in [5.74, 6) is 0. The monoisotopic (exact) mass is 392 g/mol. The molecule has 7 heteroatoms. The molecule has 2 fully saturated rings. The van der Waals surface area contributed by atoms with Crippen LogP contribution in [0.15, 0.2) is 29.2 Å². The number of halogens is 2. The van der Waals surface area contributed by atoms with Crippen LogP contribution < -0.4 is 10.5 Å². The molecule has 2 aromatic rings. The highest BCUT2D eigenvalue weighted by Gasteiger charge is 2.30. The first-order valence-electron chi connectivity index (χ1n) is 9.08. The zero-order chi connectivity index (χ0) is 18.3. The number of rotatable bonds is 2. The lowest BCUT2D eigenvalue weighted by molar-refractivity contribution is 0.133. The Kier molecular flexibility index (Phi) is 4.95. The van der Waals surface area contributed by atoms with E-state index in [1.165, 1.54) is 30.5 Å². The summed E-state index contributed by atoms with van der Waals surface area (Å²) in [6.45, 7) is 5.89. The zero-order valence-electron chi connectivity index (χ0n) is 14.8. The number of hydrogen-bond acceptors (Lipinski definition) is 4. The van der Waals surface area contributed by atoms with Crippen LogP contribution in [-0.2, 0) is 0 Å². The molecule has 5 nitrogen and oxygen atoms in total. The van der Waals surface area contributed by atoms with Gasteiger partial charge >= 0.3 is 0 Å². The molecule has 1 atom stereocenters. The fraction of sp³-hybridized carbons (Fsp3) is 0.474. The molecule has 0 amide bonds. The van der Waals surface area contributed by atoms with E-state index in [-0.39, 0.29) is 10.6 Å². The molecule has 1 aromatic carbocycles. The first-order valence-corrected chi connectivity index (χ1v) is 9.83. The van der Waals surface area contributed by atoms with Gasteiger partial charge in [-0.25, -0.2) is 0 Å². The molecule has 0 saturated carbocycles. The summed E-state index contributed by atoms with van der Waals surface area (Å²) in [4.78, 5) is 17.6. The topological polar surface area (TPSA) is 41.4 Å². The maximum Gasteiger partial charge on any atom is 0.292 e. The molecule has 2 aliphatic rings. The molecule has 0 aliphatic carbocycles. The van der Waals surface area contributed by atoms with Gasteiger partial charge in [-0.2, -0.15) is 9.78 Å². The molecule has 0 N–H and O–H groups in total. The van der Waals surface area contributed by atoms with E-state index in [0.717, 1.165) is 30.9 Å². The van der Waals surface area contributed by atoms with Crippen LogP contribution in [0, 0.1) is 6.92 Å². The highest BCUT2D eigenvalue weighted by atomic mass is 35.5.